The number of rotatable bonds is 5. The summed E-state index contributed by atoms with van der Waals surface area (Å²) in [6.45, 7) is 7.20. The van der Waals surface area contributed by atoms with Gasteiger partial charge in [0.15, 0.2) is 0 Å². The summed E-state index contributed by atoms with van der Waals surface area (Å²) in [5.41, 5.74) is 0.471. The van der Waals surface area contributed by atoms with Crippen LogP contribution in [0.25, 0.3) is 0 Å². The van der Waals surface area contributed by atoms with Crippen LogP contribution >= 0.6 is 0 Å². The highest BCUT2D eigenvalue weighted by atomic mass is 16.6. The lowest BCUT2D eigenvalue weighted by Crippen LogP contribution is -2.34. The Bertz CT molecular complexity index is 529. The number of carbonyl (C=O) groups is 2. The minimum atomic E-state index is -0.681. The van der Waals surface area contributed by atoms with Crippen LogP contribution in [0.1, 0.15) is 33.3 Å². The van der Waals surface area contributed by atoms with Gasteiger partial charge in [0.05, 0.1) is 6.61 Å². The second-order valence-electron chi connectivity index (χ2n) is 5.65. The first-order chi connectivity index (χ1) is 10.3. The van der Waals surface area contributed by atoms with Gasteiger partial charge in [0.2, 0.25) is 0 Å². The van der Waals surface area contributed by atoms with Crippen molar-refractivity contribution in [1.82, 2.24) is 5.32 Å². The van der Waals surface area contributed by atoms with E-state index >= 15 is 0 Å². The Kier molecular flexibility index (Phi) is 6.63. The van der Waals surface area contributed by atoms with Gasteiger partial charge in [-0.05, 0) is 45.8 Å². The van der Waals surface area contributed by atoms with E-state index in [1.54, 1.807) is 33.8 Å². The van der Waals surface area contributed by atoms with Crippen molar-refractivity contribution in [3.05, 3.63) is 47.7 Å². The molecule has 0 fully saturated rings. The summed E-state index contributed by atoms with van der Waals surface area (Å²) in [5.74, 6) is -0.579. The molecule has 0 spiro atoms. The molecule has 5 nitrogen and oxygen atoms in total. The summed E-state index contributed by atoms with van der Waals surface area (Å²) in [4.78, 5) is 23.7. The van der Waals surface area contributed by atoms with Crippen molar-refractivity contribution in [2.45, 2.75) is 39.7 Å². The molecule has 0 saturated heterocycles. The number of alkyl carbamates (subject to hydrolysis) is 1. The molecular formula is C17H23NO4. The van der Waals surface area contributed by atoms with E-state index in [9.17, 15) is 9.59 Å². The van der Waals surface area contributed by atoms with Crippen molar-refractivity contribution in [1.29, 1.82) is 0 Å². The lowest BCUT2D eigenvalue weighted by atomic mass is 10.1. The molecule has 0 saturated carbocycles. The highest BCUT2D eigenvalue weighted by Crippen LogP contribution is 2.08. The van der Waals surface area contributed by atoms with Gasteiger partial charge in [-0.15, -0.1) is 0 Å². The molecule has 22 heavy (non-hydrogen) atoms. The average Bonchev–Trinajstić information content (AvgIpc) is 2.42. The molecule has 1 aromatic rings. The minimum Gasteiger partial charge on any atom is -0.461 e. The second-order valence-corrected chi connectivity index (χ2v) is 5.65. The monoisotopic (exact) mass is 305 g/mol. The van der Waals surface area contributed by atoms with Crippen LogP contribution in [0.4, 0.5) is 4.79 Å². The number of nitrogens with one attached hydrogen (secondary N) is 1. The molecule has 0 aliphatic carbocycles. The van der Waals surface area contributed by atoms with Gasteiger partial charge in [0, 0.05) is 0 Å². The maximum Gasteiger partial charge on any atom is 0.412 e. The summed E-state index contributed by atoms with van der Waals surface area (Å²) in [6.07, 6.45) is 1.45. The number of benzene rings is 1. The van der Waals surface area contributed by atoms with Crippen LogP contribution in [0.3, 0.4) is 0 Å². The number of esters is 1. The zero-order valence-corrected chi connectivity index (χ0v) is 13.5. The molecule has 0 bridgehead atoms. The number of amides is 1. The molecule has 1 rings (SSSR count). The lowest BCUT2D eigenvalue weighted by Gasteiger charge is -2.20. The molecule has 1 N–H and O–H groups in total. The lowest BCUT2D eigenvalue weighted by molar-refractivity contribution is -0.139. The van der Waals surface area contributed by atoms with Crippen LogP contribution < -0.4 is 5.32 Å². The van der Waals surface area contributed by atoms with E-state index in [2.05, 4.69) is 5.32 Å². The predicted octanol–water partition coefficient (Wildman–Crippen LogP) is 3.20. The zero-order chi connectivity index (χ0) is 16.6. The SMILES string of the molecule is CCOC(=O)/C(=C/Cc1ccccc1)NC(=O)OC(C)(C)C. The van der Waals surface area contributed by atoms with E-state index in [1.807, 2.05) is 30.3 Å². The third-order valence-electron chi connectivity index (χ3n) is 2.52. The highest BCUT2D eigenvalue weighted by Gasteiger charge is 2.20. The third-order valence-corrected chi connectivity index (χ3v) is 2.52. The molecule has 0 atom stereocenters. The number of carbonyl (C=O) groups excluding carboxylic acids is 2. The molecule has 0 unspecified atom stereocenters. The Balaban J connectivity index is 2.79. The molecule has 0 heterocycles. The number of ether oxygens (including phenoxy) is 2. The van der Waals surface area contributed by atoms with E-state index in [0.29, 0.717) is 6.42 Å². The fourth-order valence-corrected chi connectivity index (χ4v) is 1.64. The average molecular weight is 305 g/mol. The Morgan fingerprint density at radius 2 is 1.82 bits per heavy atom. The third kappa shape index (κ3) is 6.92. The Morgan fingerprint density at radius 3 is 2.36 bits per heavy atom. The Morgan fingerprint density at radius 1 is 1.18 bits per heavy atom. The zero-order valence-electron chi connectivity index (χ0n) is 13.5. The largest absolute Gasteiger partial charge is 0.461 e. The van der Waals surface area contributed by atoms with E-state index < -0.39 is 17.7 Å². The predicted molar refractivity (Wildman–Crippen MR) is 84.2 cm³/mol. The van der Waals surface area contributed by atoms with Gasteiger partial charge in [-0.3, -0.25) is 5.32 Å². The maximum absolute atomic E-state index is 11.9. The number of allylic oxidation sites excluding steroid dienone is 1. The smallest absolute Gasteiger partial charge is 0.412 e. The fourth-order valence-electron chi connectivity index (χ4n) is 1.64. The molecule has 0 aliphatic heterocycles. The van der Waals surface area contributed by atoms with Crippen LogP contribution in [0.5, 0.6) is 0 Å². The van der Waals surface area contributed by atoms with Gasteiger partial charge >= 0.3 is 12.1 Å². The van der Waals surface area contributed by atoms with E-state index in [-0.39, 0.29) is 12.3 Å². The molecular weight excluding hydrogens is 282 g/mol. The van der Waals surface area contributed by atoms with Crippen LogP contribution in [0.2, 0.25) is 0 Å². The van der Waals surface area contributed by atoms with E-state index in [4.69, 9.17) is 9.47 Å². The van der Waals surface area contributed by atoms with Gasteiger partial charge in [-0.25, -0.2) is 9.59 Å². The van der Waals surface area contributed by atoms with Crippen LogP contribution in [0.15, 0.2) is 42.1 Å². The van der Waals surface area contributed by atoms with Crippen molar-refractivity contribution >= 4 is 12.1 Å². The van der Waals surface area contributed by atoms with Crippen molar-refractivity contribution < 1.29 is 19.1 Å². The van der Waals surface area contributed by atoms with Gasteiger partial charge in [-0.2, -0.15) is 0 Å². The summed E-state index contributed by atoms with van der Waals surface area (Å²) >= 11 is 0. The summed E-state index contributed by atoms with van der Waals surface area (Å²) < 4.78 is 10.1. The van der Waals surface area contributed by atoms with Crippen molar-refractivity contribution in [3.8, 4) is 0 Å². The summed E-state index contributed by atoms with van der Waals surface area (Å²) in [7, 11) is 0. The topological polar surface area (TPSA) is 64.6 Å². The number of hydrogen-bond acceptors (Lipinski definition) is 4. The van der Waals surface area contributed by atoms with Crippen molar-refractivity contribution in [3.63, 3.8) is 0 Å². The van der Waals surface area contributed by atoms with Crippen molar-refractivity contribution in [2.75, 3.05) is 6.61 Å². The minimum absolute atomic E-state index is 0.0833. The second kappa shape index (κ2) is 8.22. The van der Waals surface area contributed by atoms with Gasteiger partial charge in [0.25, 0.3) is 0 Å². The van der Waals surface area contributed by atoms with Gasteiger partial charge in [-0.1, -0.05) is 30.3 Å². The first-order valence-electron chi connectivity index (χ1n) is 7.23. The molecule has 0 aromatic heterocycles. The molecule has 0 aliphatic rings. The maximum atomic E-state index is 11.9. The summed E-state index contributed by atoms with van der Waals surface area (Å²) in [6, 6.07) is 9.61. The first-order valence-corrected chi connectivity index (χ1v) is 7.23. The van der Waals surface area contributed by atoms with Crippen LogP contribution in [-0.2, 0) is 20.7 Å². The highest BCUT2D eigenvalue weighted by molar-refractivity contribution is 5.92. The van der Waals surface area contributed by atoms with E-state index in [0.717, 1.165) is 5.56 Å². The first kappa shape index (κ1) is 17.8. The van der Waals surface area contributed by atoms with Gasteiger partial charge < -0.3 is 9.47 Å². The van der Waals surface area contributed by atoms with E-state index in [1.165, 1.54) is 0 Å². The normalized spacial score (nSPS) is 11.7. The Labute approximate surface area is 131 Å². The van der Waals surface area contributed by atoms with Gasteiger partial charge in [0.1, 0.15) is 11.3 Å². The molecule has 1 amide bonds. The molecule has 1 aromatic carbocycles. The molecule has 5 heteroatoms. The van der Waals surface area contributed by atoms with Crippen molar-refractivity contribution in [2.24, 2.45) is 0 Å². The fraction of sp³-hybridized carbons (Fsp3) is 0.412. The van der Waals surface area contributed by atoms with Crippen LogP contribution in [-0.4, -0.2) is 24.3 Å². The summed E-state index contributed by atoms with van der Waals surface area (Å²) in [5, 5.41) is 2.45. The van der Waals surface area contributed by atoms with Crippen LogP contribution in [0, 0.1) is 0 Å². The molecule has 120 valence electrons. The molecule has 0 radical (unpaired) electrons. The standard InChI is InChI=1S/C17H23NO4/c1-5-21-15(19)14(18-16(20)22-17(2,3)4)12-11-13-9-7-6-8-10-13/h6-10,12H,5,11H2,1-4H3,(H,18,20)/b14-12-. The number of hydrogen-bond donors (Lipinski definition) is 1. The quantitative estimate of drug-likeness (QED) is 0.670. The Hall–Kier alpha value is -2.30.